The Morgan fingerprint density at radius 3 is 2.61 bits per heavy atom. The van der Waals surface area contributed by atoms with Crippen molar-refractivity contribution in [2.45, 2.75) is 115 Å². The molecule has 6 rings (SSSR count). The molecule has 3 N–H and O–H groups in total. The highest BCUT2D eigenvalue weighted by atomic mass is 16.7. The number of hydrogen-bond acceptors (Lipinski definition) is 5. The second-order valence-electron chi connectivity index (χ2n) is 13.0. The number of ether oxygens (including phenoxy) is 2. The van der Waals surface area contributed by atoms with Crippen LogP contribution in [0.3, 0.4) is 0 Å². The lowest BCUT2D eigenvalue weighted by atomic mass is 9.45. The van der Waals surface area contributed by atoms with Crippen molar-refractivity contribution in [3.05, 3.63) is 23.8 Å². The van der Waals surface area contributed by atoms with Gasteiger partial charge in [-0.1, -0.05) is 44.6 Å². The first-order valence-electron chi connectivity index (χ1n) is 13.3. The number of rotatable bonds is 4. The van der Waals surface area contributed by atoms with Crippen molar-refractivity contribution in [3.8, 4) is 0 Å². The van der Waals surface area contributed by atoms with Crippen LogP contribution in [0.1, 0.15) is 79.1 Å². The second-order valence-corrected chi connectivity index (χ2v) is 13.0. The van der Waals surface area contributed by atoms with E-state index in [2.05, 4.69) is 34.3 Å². The zero-order chi connectivity index (χ0) is 23.6. The minimum absolute atomic E-state index is 0.102. The van der Waals surface area contributed by atoms with Crippen LogP contribution in [-0.2, 0) is 9.47 Å². The number of aliphatic hydroxyl groups is 3. The predicted molar refractivity (Wildman–Crippen MR) is 125 cm³/mol. The third kappa shape index (κ3) is 2.61. The number of fused-ring (bicyclic) bond motifs is 2. The smallest absolute Gasteiger partial charge is 0.165 e. The van der Waals surface area contributed by atoms with Crippen LogP contribution < -0.4 is 0 Å². The molecule has 2 heterocycles. The molecule has 4 aliphatic carbocycles. The maximum atomic E-state index is 11.6. The van der Waals surface area contributed by atoms with Crippen molar-refractivity contribution in [3.63, 3.8) is 0 Å². The highest BCUT2D eigenvalue weighted by Gasteiger charge is 2.84. The molecule has 5 fully saturated rings. The van der Waals surface area contributed by atoms with Gasteiger partial charge in [0.15, 0.2) is 6.29 Å². The first-order chi connectivity index (χ1) is 15.5. The van der Waals surface area contributed by atoms with Gasteiger partial charge in [-0.15, -0.1) is 0 Å². The maximum absolute atomic E-state index is 11.6. The summed E-state index contributed by atoms with van der Waals surface area (Å²) >= 11 is 0. The third-order valence-corrected chi connectivity index (χ3v) is 11.4. The summed E-state index contributed by atoms with van der Waals surface area (Å²) in [5.41, 5.74) is 0.976. The quantitative estimate of drug-likeness (QED) is 0.553. The summed E-state index contributed by atoms with van der Waals surface area (Å²) in [5, 5.41) is 33.5. The molecule has 5 heteroatoms. The van der Waals surface area contributed by atoms with Crippen LogP contribution in [0.5, 0.6) is 0 Å². The minimum Gasteiger partial charge on any atom is -0.393 e. The van der Waals surface area contributed by atoms with Crippen LogP contribution in [0.4, 0.5) is 0 Å². The van der Waals surface area contributed by atoms with E-state index in [1.54, 1.807) is 0 Å². The van der Waals surface area contributed by atoms with Crippen molar-refractivity contribution in [1.82, 2.24) is 0 Å². The fourth-order valence-electron chi connectivity index (χ4n) is 9.62. The molecule has 0 aromatic carbocycles. The van der Waals surface area contributed by atoms with Crippen LogP contribution in [0.2, 0.25) is 0 Å². The van der Waals surface area contributed by atoms with Gasteiger partial charge in [0.1, 0.15) is 11.7 Å². The Morgan fingerprint density at radius 1 is 1.12 bits per heavy atom. The Hall–Kier alpha value is -0.720. The number of allylic oxidation sites excluding steroid dienone is 1. The Bertz CT molecular complexity index is 897. The molecular formula is C28H42O5. The van der Waals surface area contributed by atoms with Crippen LogP contribution >= 0.6 is 0 Å². The number of hydrogen-bond donors (Lipinski definition) is 3. The molecule has 0 unspecified atom stereocenters. The van der Waals surface area contributed by atoms with Gasteiger partial charge in [0.05, 0.1) is 17.8 Å². The van der Waals surface area contributed by atoms with E-state index < -0.39 is 17.8 Å². The zero-order valence-electron chi connectivity index (χ0n) is 20.7. The predicted octanol–water partition coefficient (Wildman–Crippen LogP) is 4.11. The van der Waals surface area contributed by atoms with Gasteiger partial charge in [-0.2, -0.15) is 0 Å². The van der Waals surface area contributed by atoms with E-state index in [-0.39, 0.29) is 46.6 Å². The SMILES string of the molecule is C=C(CC[C@]1(C)O[C@H]2O[C@]34[C@@H]5[C@H](O)C[C@H]1[C@]25CC[C@@H]3[C@@]1(C)CC[C@H](O)CC1=C[C@@H]4O)C(C)C. The van der Waals surface area contributed by atoms with Crippen LogP contribution in [0.15, 0.2) is 23.8 Å². The molecule has 2 bridgehead atoms. The molecule has 11 atom stereocenters. The zero-order valence-corrected chi connectivity index (χ0v) is 20.7. The highest BCUT2D eigenvalue weighted by molar-refractivity contribution is 5.37. The van der Waals surface area contributed by atoms with Crippen molar-refractivity contribution in [2.75, 3.05) is 0 Å². The largest absolute Gasteiger partial charge is 0.393 e. The van der Waals surface area contributed by atoms with Gasteiger partial charge in [0.25, 0.3) is 0 Å². The normalized spacial score (nSPS) is 56.4. The summed E-state index contributed by atoms with van der Waals surface area (Å²) in [4.78, 5) is 0. The lowest BCUT2D eigenvalue weighted by Gasteiger charge is -2.60. The molecule has 184 valence electrons. The molecule has 0 aromatic heterocycles. The van der Waals surface area contributed by atoms with Gasteiger partial charge < -0.3 is 24.8 Å². The molecular weight excluding hydrogens is 416 g/mol. The summed E-state index contributed by atoms with van der Waals surface area (Å²) < 4.78 is 13.8. The van der Waals surface area contributed by atoms with E-state index in [4.69, 9.17) is 9.47 Å². The van der Waals surface area contributed by atoms with E-state index in [0.29, 0.717) is 12.3 Å². The van der Waals surface area contributed by atoms with Crippen molar-refractivity contribution in [2.24, 2.45) is 34.5 Å². The molecule has 3 saturated carbocycles. The van der Waals surface area contributed by atoms with Gasteiger partial charge in [-0.25, -0.2) is 0 Å². The standard InChI is InChI=1S/C28H42O5/c1-15(2)16(3)6-10-26(5)21-14-19(30)23-27(21)11-8-20-25(4)9-7-18(29)12-17(25)13-22(31)28(20,23)33-24(27)32-26/h13,15,18-24,29-31H,3,6-12,14H2,1-2,4-5H3/t18-,19+,20+,21+,22-,23+,24-,25-,26-,27-,28+/m0/s1. The summed E-state index contributed by atoms with van der Waals surface area (Å²) in [6, 6.07) is 0. The fraction of sp³-hybridized carbons (Fsp3) is 0.857. The van der Waals surface area contributed by atoms with Gasteiger partial charge in [0.2, 0.25) is 0 Å². The van der Waals surface area contributed by atoms with E-state index in [9.17, 15) is 15.3 Å². The summed E-state index contributed by atoms with van der Waals surface area (Å²) in [6.45, 7) is 13.2. The summed E-state index contributed by atoms with van der Waals surface area (Å²) in [5.74, 6) is 0.717. The van der Waals surface area contributed by atoms with E-state index in [1.807, 2.05) is 6.08 Å². The molecule has 0 radical (unpaired) electrons. The van der Waals surface area contributed by atoms with Crippen LogP contribution in [-0.4, -0.2) is 51.1 Å². The average molecular weight is 459 g/mol. The maximum Gasteiger partial charge on any atom is 0.165 e. The average Bonchev–Trinajstić information content (AvgIpc) is 3.26. The van der Waals surface area contributed by atoms with Crippen LogP contribution in [0, 0.1) is 34.5 Å². The summed E-state index contributed by atoms with van der Waals surface area (Å²) in [6.07, 6.45) is 6.87. The lowest BCUT2D eigenvalue weighted by molar-refractivity contribution is -0.252. The third-order valence-electron chi connectivity index (χ3n) is 11.4. The monoisotopic (exact) mass is 458 g/mol. The van der Waals surface area contributed by atoms with Crippen LogP contribution in [0.25, 0.3) is 0 Å². The Morgan fingerprint density at radius 2 is 1.88 bits per heavy atom. The number of aliphatic hydroxyl groups excluding tert-OH is 3. The molecule has 5 nitrogen and oxygen atoms in total. The molecule has 33 heavy (non-hydrogen) atoms. The van der Waals surface area contributed by atoms with Crippen molar-refractivity contribution < 1.29 is 24.8 Å². The van der Waals surface area contributed by atoms with E-state index in [0.717, 1.165) is 44.9 Å². The molecule has 2 spiro atoms. The van der Waals surface area contributed by atoms with Crippen molar-refractivity contribution in [1.29, 1.82) is 0 Å². The highest BCUT2D eigenvalue weighted by Crippen LogP contribution is 2.78. The molecule has 0 aromatic rings. The molecule has 2 aliphatic heterocycles. The first-order valence-corrected chi connectivity index (χ1v) is 13.3. The second kappa shape index (κ2) is 6.94. The van der Waals surface area contributed by atoms with Gasteiger partial charge in [0, 0.05) is 23.2 Å². The van der Waals surface area contributed by atoms with Crippen molar-refractivity contribution >= 4 is 0 Å². The fourth-order valence-corrected chi connectivity index (χ4v) is 9.62. The first kappa shape index (κ1) is 22.7. The Balaban J connectivity index is 1.38. The molecule has 0 amide bonds. The van der Waals surface area contributed by atoms with Gasteiger partial charge in [-0.3, -0.25) is 0 Å². The Labute approximate surface area is 198 Å². The van der Waals surface area contributed by atoms with Gasteiger partial charge >= 0.3 is 0 Å². The topological polar surface area (TPSA) is 79.2 Å². The summed E-state index contributed by atoms with van der Waals surface area (Å²) in [7, 11) is 0. The van der Waals surface area contributed by atoms with E-state index >= 15 is 0 Å². The molecule has 6 aliphatic rings. The lowest BCUT2D eigenvalue weighted by Crippen LogP contribution is -2.66. The van der Waals surface area contributed by atoms with Gasteiger partial charge in [-0.05, 0) is 69.6 Å². The molecule has 2 saturated heterocycles. The minimum atomic E-state index is -0.791. The Kier molecular flexibility index (Phi) is 4.78. The van der Waals surface area contributed by atoms with E-state index in [1.165, 1.54) is 11.1 Å².